The predicted octanol–water partition coefficient (Wildman–Crippen LogP) is 2.32. The average molecular weight is 252 g/mol. The van der Waals surface area contributed by atoms with Gasteiger partial charge in [-0.15, -0.1) is 0 Å². The van der Waals surface area contributed by atoms with Gasteiger partial charge >= 0.3 is 6.09 Å². The fraction of sp³-hybridized carbons (Fsp3) is 0.417. The van der Waals surface area contributed by atoms with Crippen molar-refractivity contribution in [2.75, 3.05) is 0 Å². The van der Waals surface area contributed by atoms with Gasteiger partial charge in [-0.05, 0) is 26.3 Å². The molecular formula is C12H16N2O4. The molecule has 0 radical (unpaired) electrons. The summed E-state index contributed by atoms with van der Waals surface area (Å²) < 4.78 is 4.94. The number of rotatable bonds is 4. The molecule has 0 aliphatic heterocycles. The Hall–Kier alpha value is -2.11. The highest BCUT2D eigenvalue weighted by atomic mass is 16.6. The number of nitro groups is 1. The standard InChI is InChI=1S/C12H16N2O4/c1-8-4-5-9(6-10(8)14(16)17)7-12(2,3)18-11(13)15/h4-6H,7H2,1-3H3,(H2,13,15). The second kappa shape index (κ2) is 5.03. The molecule has 6 heteroatoms. The molecule has 0 unspecified atom stereocenters. The van der Waals surface area contributed by atoms with E-state index in [0.29, 0.717) is 12.0 Å². The van der Waals surface area contributed by atoms with Crippen LogP contribution in [0.5, 0.6) is 0 Å². The molecule has 1 amide bonds. The molecule has 1 aromatic carbocycles. The van der Waals surface area contributed by atoms with E-state index in [1.807, 2.05) is 0 Å². The van der Waals surface area contributed by atoms with Gasteiger partial charge in [0, 0.05) is 18.1 Å². The van der Waals surface area contributed by atoms with Gasteiger partial charge in [0.25, 0.3) is 5.69 Å². The van der Waals surface area contributed by atoms with Crippen molar-refractivity contribution in [2.45, 2.75) is 32.8 Å². The lowest BCUT2D eigenvalue weighted by Gasteiger charge is -2.23. The molecule has 0 heterocycles. The van der Waals surface area contributed by atoms with Crippen LogP contribution < -0.4 is 5.73 Å². The molecule has 2 N–H and O–H groups in total. The molecular weight excluding hydrogens is 236 g/mol. The molecule has 0 aromatic heterocycles. The molecule has 18 heavy (non-hydrogen) atoms. The smallest absolute Gasteiger partial charge is 0.405 e. The van der Waals surface area contributed by atoms with Gasteiger partial charge in [0.1, 0.15) is 5.60 Å². The van der Waals surface area contributed by atoms with Crippen molar-refractivity contribution >= 4 is 11.8 Å². The number of amides is 1. The highest BCUT2D eigenvalue weighted by Gasteiger charge is 2.23. The predicted molar refractivity (Wildman–Crippen MR) is 66.3 cm³/mol. The normalized spacial score (nSPS) is 11.1. The molecule has 0 atom stereocenters. The summed E-state index contributed by atoms with van der Waals surface area (Å²) in [5.74, 6) is 0. The Morgan fingerprint density at radius 1 is 1.50 bits per heavy atom. The summed E-state index contributed by atoms with van der Waals surface area (Å²) in [5.41, 5.74) is 5.54. The SMILES string of the molecule is Cc1ccc(CC(C)(C)OC(N)=O)cc1[N+](=O)[O-]. The first-order valence-corrected chi connectivity index (χ1v) is 5.43. The molecule has 0 fully saturated rings. The zero-order chi connectivity index (χ0) is 13.9. The van der Waals surface area contributed by atoms with Crippen LogP contribution in [0.2, 0.25) is 0 Å². The fourth-order valence-electron chi connectivity index (χ4n) is 1.76. The number of ether oxygens (including phenoxy) is 1. The summed E-state index contributed by atoms with van der Waals surface area (Å²) >= 11 is 0. The topological polar surface area (TPSA) is 95.5 Å². The summed E-state index contributed by atoms with van der Waals surface area (Å²) in [6.45, 7) is 5.07. The van der Waals surface area contributed by atoms with Crippen molar-refractivity contribution in [2.24, 2.45) is 5.73 Å². The Morgan fingerprint density at radius 2 is 2.11 bits per heavy atom. The summed E-state index contributed by atoms with van der Waals surface area (Å²) in [6.07, 6.45) is -0.501. The Balaban J connectivity index is 2.95. The van der Waals surface area contributed by atoms with E-state index in [0.717, 1.165) is 5.56 Å². The summed E-state index contributed by atoms with van der Waals surface area (Å²) in [7, 11) is 0. The first-order valence-electron chi connectivity index (χ1n) is 5.43. The van der Waals surface area contributed by atoms with Crippen molar-refractivity contribution in [3.05, 3.63) is 39.4 Å². The van der Waals surface area contributed by atoms with Crippen LogP contribution in [0.3, 0.4) is 0 Å². The number of nitrogens with zero attached hydrogens (tertiary/aromatic N) is 1. The van der Waals surface area contributed by atoms with E-state index in [4.69, 9.17) is 10.5 Å². The van der Waals surface area contributed by atoms with E-state index in [2.05, 4.69) is 0 Å². The van der Waals surface area contributed by atoms with Gasteiger partial charge in [0.2, 0.25) is 0 Å². The molecule has 0 saturated heterocycles. The van der Waals surface area contributed by atoms with Gasteiger partial charge in [-0.25, -0.2) is 4.79 Å². The van der Waals surface area contributed by atoms with E-state index in [1.165, 1.54) is 6.07 Å². The van der Waals surface area contributed by atoms with Crippen LogP contribution in [0.4, 0.5) is 10.5 Å². The van der Waals surface area contributed by atoms with Crippen molar-refractivity contribution in [3.63, 3.8) is 0 Å². The van der Waals surface area contributed by atoms with Gasteiger partial charge in [-0.2, -0.15) is 0 Å². The molecule has 0 bridgehead atoms. The Bertz CT molecular complexity index is 483. The third-order valence-electron chi connectivity index (χ3n) is 2.48. The first kappa shape index (κ1) is 14.0. The quantitative estimate of drug-likeness (QED) is 0.657. The largest absolute Gasteiger partial charge is 0.443 e. The lowest BCUT2D eigenvalue weighted by molar-refractivity contribution is -0.385. The number of carbonyl (C=O) groups is 1. The van der Waals surface area contributed by atoms with Crippen LogP contribution in [-0.4, -0.2) is 16.6 Å². The lowest BCUT2D eigenvalue weighted by Crippen LogP contribution is -2.33. The van der Waals surface area contributed by atoms with Gasteiger partial charge in [-0.3, -0.25) is 10.1 Å². The summed E-state index contributed by atoms with van der Waals surface area (Å²) in [6, 6.07) is 4.93. The zero-order valence-corrected chi connectivity index (χ0v) is 10.6. The summed E-state index contributed by atoms with van der Waals surface area (Å²) in [5, 5.41) is 10.8. The number of aryl methyl sites for hydroxylation is 1. The zero-order valence-electron chi connectivity index (χ0n) is 10.6. The van der Waals surface area contributed by atoms with E-state index in [9.17, 15) is 14.9 Å². The molecule has 1 rings (SSSR count). The highest BCUT2D eigenvalue weighted by Crippen LogP contribution is 2.23. The van der Waals surface area contributed by atoms with Gasteiger partial charge in [0.05, 0.1) is 4.92 Å². The van der Waals surface area contributed by atoms with Crippen LogP contribution in [0.15, 0.2) is 18.2 Å². The number of nitro benzene ring substituents is 1. The van der Waals surface area contributed by atoms with Gasteiger partial charge < -0.3 is 10.5 Å². The van der Waals surface area contributed by atoms with E-state index >= 15 is 0 Å². The molecule has 0 saturated carbocycles. The number of benzene rings is 1. The van der Waals surface area contributed by atoms with Gasteiger partial charge in [-0.1, -0.05) is 12.1 Å². The second-order valence-electron chi connectivity index (χ2n) is 4.74. The third kappa shape index (κ3) is 3.73. The third-order valence-corrected chi connectivity index (χ3v) is 2.48. The monoisotopic (exact) mass is 252 g/mol. The minimum Gasteiger partial charge on any atom is -0.443 e. The second-order valence-corrected chi connectivity index (χ2v) is 4.74. The molecule has 98 valence electrons. The minimum absolute atomic E-state index is 0.0578. The number of hydrogen-bond acceptors (Lipinski definition) is 4. The molecule has 1 aromatic rings. The number of carbonyl (C=O) groups excluding carboxylic acids is 1. The van der Waals surface area contributed by atoms with Gasteiger partial charge in [0.15, 0.2) is 0 Å². The van der Waals surface area contributed by atoms with Crippen molar-refractivity contribution in [1.82, 2.24) is 0 Å². The van der Waals surface area contributed by atoms with Crippen LogP contribution in [0.1, 0.15) is 25.0 Å². The Morgan fingerprint density at radius 3 is 2.61 bits per heavy atom. The van der Waals surface area contributed by atoms with Crippen molar-refractivity contribution in [3.8, 4) is 0 Å². The van der Waals surface area contributed by atoms with Crippen LogP contribution >= 0.6 is 0 Å². The van der Waals surface area contributed by atoms with Crippen LogP contribution in [0, 0.1) is 17.0 Å². The average Bonchev–Trinajstić information content (AvgIpc) is 2.18. The van der Waals surface area contributed by atoms with E-state index in [-0.39, 0.29) is 5.69 Å². The van der Waals surface area contributed by atoms with Crippen molar-refractivity contribution in [1.29, 1.82) is 0 Å². The number of primary amides is 1. The first-order chi connectivity index (χ1) is 8.21. The summed E-state index contributed by atoms with van der Waals surface area (Å²) in [4.78, 5) is 21.1. The number of hydrogen-bond donors (Lipinski definition) is 1. The maximum absolute atomic E-state index is 10.8. The molecule has 6 nitrogen and oxygen atoms in total. The van der Waals surface area contributed by atoms with Crippen LogP contribution in [-0.2, 0) is 11.2 Å². The van der Waals surface area contributed by atoms with E-state index < -0.39 is 16.6 Å². The fourth-order valence-corrected chi connectivity index (χ4v) is 1.76. The van der Waals surface area contributed by atoms with Crippen molar-refractivity contribution < 1.29 is 14.5 Å². The maximum atomic E-state index is 10.8. The molecule has 0 spiro atoms. The van der Waals surface area contributed by atoms with Crippen LogP contribution in [0.25, 0.3) is 0 Å². The molecule has 0 aliphatic carbocycles. The maximum Gasteiger partial charge on any atom is 0.405 e. The molecule has 0 aliphatic rings. The minimum atomic E-state index is -0.860. The Labute approximate surface area is 105 Å². The Kier molecular flexibility index (Phi) is 3.90. The van der Waals surface area contributed by atoms with E-state index in [1.54, 1.807) is 32.9 Å². The lowest BCUT2D eigenvalue weighted by atomic mass is 9.97. The highest BCUT2D eigenvalue weighted by molar-refractivity contribution is 5.65. The number of nitrogens with two attached hydrogens (primary N) is 1.